The molecule has 0 aromatic heterocycles. The lowest BCUT2D eigenvalue weighted by atomic mass is 9.95. The fourth-order valence-corrected chi connectivity index (χ4v) is 2.12. The number of carbonyl (C=O) groups excluding carboxylic acids is 1. The van der Waals surface area contributed by atoms with Crippen molar-refractivity contribution in [1.82, 2.24) is 4.90 Å². The minimum absolute atomic E-state index is 0.0212. The van der Waals surface area contributed by atoms with Crippen LogP contribution in [-0.4, -0.2) is 46.7 Å². The second-order valence-electron chi connectivity index (χ2n) is 5.14. The molecule has 1 N–H and O–H groups in total. The first-order chi connectivity index (χ1) is 7.34. The minimum atomic E-state index is -1.28. The van der Waals surface area contributed by atoms with Gasteiger partial charge >= 0.3 is 6.09 Å². The van der Waals surface area contributed by atoms with Crippen LogP contribution in [0.1, 0.15) is 33.6 Å². The fourth-order valence-electron chi connectivity index (χ4n) is 2.12. The van der Waals surface area contributed by atoms with Crippen molar-refractivity contribution < 1.29 is 19.4 Å². The SMILES string of the molecule is CC1(C)OC(=O)N(C[C@@H]2CCCO2)[C@@]1(C)O. The van der Waals surface area contributed by atoms with Crippen LogP contribution in [0.2, 0.25) is 0 Å². The summed E-state index contributed by atoms with van der Waals surface area (Å²) in [6, 6.07) is 0. The zero-order chi connectivity index (χ0) is 12.0. The standard InChI is InChI=1S/C11H19NO4/c1-10(2)11(3,14)12(9(13)16-10)7-8-5-4-6-15-8/h8,14H,4-7H2,1-3H3/t8-,11-/m0/s1. The molecule has 5 heteroatoms. The third-order valence-corrected chi connectivity index (χ3v) is 3.64. The normalized spacial score (nSPS) is 37.9. The Morgan fingerprint density at radius 3 is 2.62 bits per heavy atom. The molecule has 0 bridgehead atoms. The molecular weight excluding hydrogens is 210 g/mol. The summed E-state index contributed by atoms with van der Waals surface area (Å²) in [6.45, 7) is 6.15. The molecule has 0 saturated carbocycles. The van der Waals surface area contributed by atoms with Gasteiger partial charge < -0.3 is 14.6 Å². The molecule has 0 aromatic carbocycles. The summed E-state index contributed by atoms with van der Waals surface area (Å²) in [5.74, 6) is 0. The predicted octanol–water partition coefficient (Wildman–Crippen LogP) is 1.10. The van der Waals surface area contributed by atoms with E-state index in [0.717, 1.165) is 19.4 Å². The van der Waals surface area contributed by atoms with Gasteiger partial charge in [0.2, 0.25) is 0 Å². The van der Waals surface area contributed by atoms with Gasteiger partial charge in [0.05, 0.1) is 12.6 Å². The first-order valence-corrected chi connectivity index (χ1v) is 5.69. The van der Waals surface area contributed by atoms with E-state index in [-0.39, 0.29) is 6.10 Å². The lowest BCUT2D eigenvalue weighted by molar-refractivity contribution is -0.133. The highest BCUT2D eigenvalue weighted by Gasteiger charge is 2.56. The van der Waals surface area contributed by atoms with Gasteiger partial charge in [0.1, 0.15) is 0 Å². The lowest BCUT2D eigenvalue weighted by Gasteiger charge is -2.35. The Kier molecular flexibility index (Phi) is 2.62. The quantitative estimate of drug-likeness (QED) is 0.770. The van der Waals surface area contributed by atoms with Gasteiger partial charge in [-0.25, -0.2) is 4.79 Å². The first kappa shape index (κ1) is 11.7. The second-order valence-corrected chi connectivity index (χ2v) is 5.14. The van der Waals surface area contributed by atoms with Crippen LogP contribution in [0, 0.1) is 0 Å². The highest BCUT2D eigenvalue weighted by molar-refractivity contribution is 5.72. The van der Waals surface area contributed by atoms with Gasteiger partial charge in [0, 0.05) is 6.61 Å². The van der Waals surface area contributed by atoms with Gasteiger partial charge in [-0.3, -0.25) is 4.90 Å². The highest BCUT2D eigenvalue weighted by Crippen LogP contribution is 2.37. The molecule has 2 rings (SSSR count). The Labute approximate surface area is 95.3 Å². The molecule has 2 heterocycles. The molecule has 16 heavy (non-hydrogen) atoms. The van der Waals surface area contributed by atoms with Gasteiger partial charge in [-0.05, 0) is 33.6 Å². The molecule has 0 aromatic rings. The zero-order valence-corrected chi connectivity index (χ0v) is 10.0. The maximum atomic E-state index is 11.7. The molecule has 2 saturated heterocycles. The summed E-state index contributed by atoms with van der Waals surface area (Å²) in [5, 5.41) is 10.3. The van der Waals surface area contributed by atoms with Gasteiger partial charge in [0.25, 0.3) is 0 Å². The van der Waals surface area contributed by atoms with Crippen LogP contribution in [0.5, 0.6) is 0 Å². The van der Waals surface area contributed by atoms with Gasteiger partial charge in [-0.1, -0.05) is 0 Å². The summed E-state index contributed by atoms with van der Waals surface area (Å²) >= 11 is 0. The van der Waals surface area contributed by atoms with Crippen LogP contribution in [0.3, 0.4) is 0 Å². The molecule has 0 spiro atoms. The molecular formula is C11H19NO4. The van der Waals surface area contributed by atoms with Crippen molar-refractivity contribution in [3.05, 3.63) is 0 Å². The van der Waals surface area contributed by atoms with Crippen molar-refractivity contribution in [2.24, 2.45) is 0 Å². The first-order valence-electron chi connectivity index (χ1n) is 5.69. The van der Waals surface area contributed by atoms with Gasteiger partial charge in [-0.2, -0.15) is 0 Å². The third kappa shape index (κ3) is 1.68. The molecule has 5 nitrogen and oxygen atoms in total. The van der Waals surface area contributed by atoms with E-state index >= 15 is 0 Å². The average molecular weight is 229 g/mol. The number of aliphatic hydroxyl groups is 1. The third-order valence-electron chi connectivity index (χ3n) is 3.64. The van der Waals surface area contributed by atoms with Crippen molar-refractivity contribution in [3.63, 3.8) is 0 Å². The van der Waals surface area contributed by atoms with Crippen molar-refractivity contribution in [2.75, 3.05) is 13.2 Å². The van der Waals surface area contributed by atoms with Crippen LogP contribution >= 0.6 is 0 Å². The van der Waals surface area contributed by atoms with Crippen LogP contribution in [0.25, 0.3) is 0 Å². The average Bonchev–Trinajstić information content (AvgIpc) is 2.68. The van der Waals surface area contributed by atoms with Crippen LogP contribution in [-0.2, 0) is 9.47 Å². The molecule has 2 atom stereocenters. The van der Waals surface area contributed by atoms with E-state index in [4.69, 9.17) is 9.47 Å². The van der Waals surface area contributed by atoms with Gasteiger partial charge in [0.15, 0.2) is 11.3 Å². The Morgan fingerprint density at radius 1 is 1.50 bits per heavy atom. The van der Waals surface area contributed by atoms with E-state index in [9.17, 15) is 9.90 Å². The number of cyclic esters (lactones) is 1. The summed E-state index contributed by atoms with van der Waals surface area (Å²) < 4.78 is 10.6. The van der Waals surface area contributed by atoms with E-state index < -0.39 is 17.4 Å². The number of ether oxygens (including phenoxy) is 2. The summed E-state index contributed by atoms with van der Waals surface area (Å²) in [7, 11) is 0. The van der Waals surface area contributed by atoms with E-state index in [1.807, 2.05) is 0 Å². The van der Waals surface area contributed by atoms with E-state index in [1.54, 1.807) is 20.8 Å². The van der Waals surface area contributed by atoms with E-state index in [2.05, 4.69) is 0 Å². The zero-order valence-electron chi connectivity index (χ0n) is 10.0. The Bertz CT molecular complexity index is 294. The van der Waals surface area contributed by atoms with E-state index in [1.165, 1.54) is 4.90 Å². The van der Waals surface area contributed by atoms with Crippen LogP contribution < -0.4 is 0 Å². The minimum Gasteiger partial charge on any atom is -0.438 e. The molecule has 0 unspecified atom stereocenters. The summed E-state index contributed by atoms with van der Waals surface area (Å²) in [4.78, 5) is 13.0. The second kappa shape index (κ2) is 3.60. The number of hydrogen-bond donors (Lipinski definition) is 1. The highest BCUT2D eigenvalue weighted by atomic mass is 16.6. The molecule has 0 radical (unpaired) electrons. The fraction of sp³-hybridized carbons (Fsp3) is 0.909. The topological polar surface area (TPSA) is 59.0 Å². The lowest BCUT2D eigenvalue weighted by Crippen LogP contribution is -2.55. The van der Waals surface area contributed by atoms with Crippen LogP contribution in [0.15, 0.2) is 0 Å². The van der Waals surface area contributed by atoms with Crippen molar-refractivity contribution in [1.29, 1.82) is 0 Å². The molecule has 2 fully saturated rings. The molecule has 2 aliphatic heterocycles. The summed E-state index contributed by atoms with van der Waals surface area (Å²) in [6.07, 6.45) is 1.50. The number of carbonyl (C=O) groups is 1. The molecule has 2 aliphatic rings. The predicted molar refractivity (Wildman–Crippen MR) is 56.9 cm³/mol. The summed E-state index contributed by atoms with van der Waals surface area (Å²) in [5.41, 5.74) is -2.17. The van der Waals surface area contributed by atoms with Gasteiger partial charge in [-0.15, -0.1) is 0 Å². The molecule has 0 aliphatic carbocycles. The number of nitrogens with zero attached hydrogens (tertiary/aromatic N) is 1. The van der Waals surface area contributed by atoms with Crippen molar-refractivity contribution >= 4 is 6.09 Å². The van der Waals surface area contributed by atoms with Crippen LogP contribution in [0.4, 0.5) is 4.79 Å². The number of amides is 1. The number of hydrogen-bond acceptors (Lipinski definition) is 4. The van der Waals surface area contributed by atoms with Crippen molar-refractivity contribution in [2.45, 2.75) is 51.0 Å². The smallest absolute Gasteiger partial charge is 0.412 e. The van der Waals surface area contributed by atoms with E-state index in [0.29, 0.717) is 6.54 Å². The molecule has 1 amide bonds. The maximum Gasteiger partial charge on any atom is 0.412 e. The molecule has 92 valence electrons. The Balaban J connectivity index is 2.11. The monoisotopic (exact) mass is 229 g/mol. The maximum absolute atomic E-state index is 11.7. The Morgan fingerprint density at radius 2 is 2.19 bits per heavy atom. The Hall–Kier alpha value is -0.810. The van der Waals surface area contributed by atoms with Crippen molar-refractivity contribution in [3.8, 4) is 0 Å². The number of rotatable bonds is 2. The largest absolute Gasteiger partial charge is 0.438 e.